The van der Waals surface area contributed by atoms with Gasteiger partial charge in [0, 0.05) is 12.0 Å². The van der Waals surface area contributed by atoms with Crippen molar-refractivity contribution in [3.63, 3.8) is 0 Å². The average molecular weight is 264 g/mol. The van der Waals surface area contributed by atoms with E-state index in [-0.39, 0.29) is 62.0 Å². The van der Waals surface area contributed by atoms with Gasteiger partial charge in [-0.1, -0.05) is 31.5 Å². The minimum absolute atomic E-state index is 0. The molecule has 0 saturated carbocycles. The summed E-state index contributed by atoms with van der Waals surface area (Å²) >= 11 is 0. The van der Waals surface area contributed by atoms with E-state index in [0.29, 0.717) is 12.0 Å². The SMILES string of the molecule is CCCCc1ccc2c(c1)C=C(C(=O)O)C2.[H-].[H-].[Na+].[Na+]. The predicted octanol–water partition coefficient (Wildman–Crippen LogP) is -2.71. The molecule has 2 nitrogen and oxygen atoms in total. The normalized spacial score (nSPS) is 11.9. The fourth-order valence-electron chi connectivity index (χ4n) is 2.06. The number of unbranched alkanes of at least 4 members (excludes halogenated alkanes) is 1. The van der Waals surface area contributed by atoms with Crippen LogP contribution in [0.2, 0.25) is 0 Å². The van der Waals surface area contributed by atoms with Gasteiger partial charge >= 0.3 is 65.1 Å². The van der Waals surface area contributed by atoms with E-state index >= 15 is 0 Å². The number of aryl methyl sites for hydroxylation is 1. The summed E-state index contributed by atoms with van der Waals surface area (Å²) in [5.41, 5.74) is 4.04. The summed E-state index contributed by atoms with van der Waals surface area (Å²) in [7, 11) is 0. The van der Waals surface area contributed by atoms with Crippen LogP contribution in [0.1, 0.15) is 39.3 Å². The Labute approximate surface area is 155 Å². The smallest absolute Gasteiger partial charge is 1.00 e. The molecule has 0 aliphatic heterocycles. The Hall–Kier alpha value is 0.430. The summed E-state index contributed by atoms with van der Waals surface area (Å²) in [5, 5.41) is 8.93. The molecule has 0 fully saturated rings. The zero-order valence-corrected chi connectivity index (χ0v) is 15.5. The quantitative estimate of drug-likeness (QED) is 0.600. The Bertz CT molecular complexity index is 462. The zero-order valence-electron chi connectivity index (χ0n) is 13.5. The molecule has 0 atom stereocenters. The molecule has 1 N–H and O–H groups in total. The van der Waals surface area contributed by atoms with Crippen molar-refractivity contribution in [2.45, 2.75) is 32.6 Å². The van der Waals surface area contributed by atoms with Gasteiger partial charge in [-0.25, -0.2) is 4.79 Å². The molecule has 0 spiro atoms. The zero-order chi connectivity index (χ0) is 11.5. The van der Waals surface area contributed by atoms with Crippen LogP contribution in [0, 0.1) is 0 Å². The minimum Gasteiger partial charge on any atom is -1.00 e. The van der Waals surface area contributed by atoms with Gasteiger partial charge in [-0.2, -0.15) is 0 Å². The standard InChI is InChI=1S/C14H16O2.2Na.2H/c1-2-3-4-10-5-6-11-8-13(14(15)16)9-12(11)7-10;;;;/h5-7,9H,2-4,8H2,1H3,(H,15,16);;;;/q;2*+1;2*-1. The number of benzene rings is 1. The third-order valence-corrected chi connectivity index (χ3v) is 3.01. The van der Waals surface area contributed by atoms with E-state index in [1.807, 2.05) is 0 Å². The number of carbonyl (C=O) groups is 1. The van der Waals surface area contributed by atoms with Crippen LogP contribution in [0.4, 0.5) is 0 Å². The molecule has 0 saturated heterocycles. The van der Waals surface area contributed by atoms with Crippen molar-refractivity contribution in [3.8, 4) is 0 Å². The fraction of sp³-hybridized carbons (Fsp3) is 0.357. The maximum atomic E-state index is 10.9. The van der Waals surface area contributed by atoms with Gasteiger partial charge in [0.15, 0.2) is 0 Å². The number of hydrogen-bond donors (Lipinski definition) is 1. The molecule has 18 heavy (non-hydrogen) atoms. The molecule has 1 aliphatic rings. The second-order valence-corrected chi connectivity index (χ2v) is 4.29. The predicted molar refractivity (Wildman–Crippen MR) is 66.6 cm³/mol. The maximum absolute atomic E-state index is 10.9. The van der Waals surface area contributed by atoms with E-state index in [1.165, 1.54) is 18.4 Å². The number of carboxylic acids is 1. The monoisotopic (exact) mass is 264 g/mol. The molecular formula is C14H18Na2O2. The molecule has 4 heteroatoms. The second-order valence-electron chi connectivity index (χ2n) is 4.29. The molecule has 0 heterocycles. The first-order valence-electron chi connectivity index (χ1n) is 5.76. The third kappa shape index (κ3) is 4.52. The van der Waals surface area contributed by atoms with Crippen LogP contribution in [-0.4, -0.2) is 11.1 Å². The van der Waals surface area contributed by atoms with Gasteiger partial charge in [0.2, 0.25) is 0 Å². The van der Waals surface area contributed by atoms with Crippen LogP contribution in [0.3, 0.4) is 0 Å². The van der Waals surface area contributed by atoms with Gasteiger partial charge in [-0.15, -0.1) is 0 Å². The first-order chi connectivity index (χ1) is 7.70. The van der Waals surface area contributed by atoms with Crippen molar-refractivity contribution in [2.75, 3.05) is 0 Å². The van der Waals surface area contributed by atoms with E-state index < -0.39 is 5.97 Å². The van der Waals surface area contributed by atoms with Gasteiger partial charge in [-0.3, -0.25) is 0 Å². The molecule has 1 aliphatic carbocycles. The van der Waals surface area contributed by atoms with Crippen molar-refractivity contribution in [2.24, 2.45) is 0 Å². The van der Waals surface area contributed by atoms with Crippen molar-refractivity contribution in [3.05, 3.63) is 40.5 Å². The van der Waals surface area contributed by atoms with E-state index in [9.17, 15) is 4.79 Å². The Morgan fingerprint density at radius 2 is 2.11 bits per heavy atom. The molecule has 2 rings (SSSR count). The summed E-state index contributed by atoms with van der Waals surface area (Å²) < 4.78 is 0. The summed E-state index contributed by atoms with van der Waals surface area (Å²) in [4.78, 5) is 10.9. The first kappa shape index (κ1) is 18.4. The second kappa shape index (κ2) is 8.57. The molecule has 1 aromatic carbocycles. The van der Waals surface area contributed by atoms with Crippen LogP contribution in [0.5, 0.6) is 0 Å². The van der Waals surface area contributed by atoms with E-state index in [1.54, 1.807) is 6.08 Å². The van der Waals surface area contributed by atoms with Crippen LogP contribution < -0.4 is 59.1 Å². The minimum atomic E-state index is -0.800. The maximum Gasteiger partial charge on any atom is 1.00 e. The van der Waals surface area contributed by atoms with Crippen molar-refractivity contribution in [1.29, 1.82) is 0 Å². The Morgan fingerprint density at radius 1 is 1.39 bits per heavy atom. The molecule has 1 aromatic rings. The van der Waals surface area contributed by atoms with Crippen LogP contribution in [-0.2, 0) is 17.6 Å². The fourth-order valence-corrected chi connectivity index (χ4v) is 2.06. The molecule has 0 radical (unpaired) electrons. The molecule has 0 amide bonds. The van der Waals surface area contributed by atoms with Crippen LogP contribution in [0.15, 0.2) is 23.8 Å². The summed E-state index contributed by atoms with van der Waals surface area (Å²) in [6.45, 7) is 2.18. The molecular weight excluding hydrogens is 246 g/mol. The summed E-state index contributed by atoms with van der Waals surface area (Å²) in [6, 6.07) is 6.31. The summed E-state index contributed by atoms with van der Waals surface area (Å²) in [5.74, 6) is -0.800. The topological polar surface area (TPSA) is 37.3 Å². The van der Waals surface area contributed by atoms with E-state index in [0.717, 1.165) is 17.5 Å². The summed E-state index contributed by atoms with van der Waals surface area (Å²) in [6.07, 6.45) is 5.83. The third-order valence-electron chi connectivity index (χ3n) is 3.01. The molecule has 0 bridgehead atoms. The Morgan fingerprint density at radius 3 is 2.72 bits per heavy atom. The van der Waals surface area contributed by atoms with Crippen molar-refractivity contribution in [1.82, 2.24) is 0 Å². The number of fused-ring (bicyclic) bond motifs is 1. The van der Waals surface area contributed by atoms with Gasteiger partial charge in [0.1, 0.15) is 0 Å². The van der Waals surface area contributed by atoms with Crippen molar-refractivity contribution >= 4 is 12.0 Å². The average Bonchev–Trinajstić information content (AvgIpc) is 2.69. The molecule has 88 valence electrons. The van der Waals surface area contributed by atoms with Gasteiger partial charge < -0.3 is 7.96 Å². The van der Waals surface area contributed by atoms with Gasteiger partial charge in [0.05, 0.1) is 0 Å². The van der Waals surface area contributed by atoms with Crippen molar-refractivity contribution < 1.29 is 71.9 Å². The number of carboxylic acid groups (broad SMARTS) is 1. The number of rotatable bonds is 4. The van der Waals surface area contributed by atoms with Gasteiger partial charge in [0.25, 0.3) is 0 Å². The molecule has 0 aromatic heterocycles. The van der Waals surface area contributed by atoms with E-state index in [2.05, 4.69) is 25.1 Å². The Balaban J connectivity index is -0.000000722. The first-order valence-corrected chi connectivity index (χ1v) is 5.76. The number of aliphatic carboxylic acids is 1. The largest absolute Gasteiger partial charge is 1.00 e. The number of hydrogen-bond acceptors (Lipinski definition) is 1. The van der Waals surface area contributed by atoms with Crippen LogP contribution >= 0.6 is 0 Å². The van der Waals surface area contributed by atoms with E-state index in [4.69, 9.17) is 5.11 Å². The Kier molecular flexibility index (Phi) is 8.78. The van der Waals surface area contributed by atoms with Crippen LogP contribution in [0.25, 0.3) is 6.08 Å². The molecule has 0 unspecified atom stereocenters. The van der Waals surface area contributed by atoms with Gasteiger partial charge in [-0.05, 0) is 35.6 Å².